The van der Waals surface area contributed by atoms with Gasteiger partial charge in [0.2, 0.25) is 5.91 Å². The second-order valence-corrected chi connectivity index (χ2v) is 7.32. The van der Waals surface area contributed by atoms with Crippen molar-refractivity contribution in [1.82, 2.24) is 10.2 Å². The zero-order valence-corrected chi connectivity index (χ0v) is 17.3. The molecule has 1 heterocycles. The van der Waals surface area contributed by atoms with Crippen molar-refractivity contribution in [3.05, 3.63) is 64.7 Å². The predicted molar refractivity (Wildman–Crippen MR) is 111 cm³/mol. The zero-order chi connectivity index (χ0) is 20.8. The molecule has 1 aliphatic heterocycles. The highest BCUT2D eigenvalue weighted by atomic mass is 35.5. The summed E-state index contributed by atoms with van der Waals surface area (Å²) in [5, 5.41) is 3.38. The summed E-state index contributed by atoms with van der Waals surface area (Å²) in [6, 6.07) is 14.1. The van der Waals surface area contributed by atoms with Crippen LogP contribution in [0.2, 0.25) is 5.02 Å². The summed E-state index contributed by atoms with van der Waals surface area (Å²) in [5.41, 5.74) is 1.34. The number of hydrogen-bond donors (Lipinski definition) is 1. The van der Waals surface area contributed by atoms with Crippen molar-refractivity contribution in [3.8, 4) is 5.75 Å². The molecule has 0 spiro atoms. The monoisotopic (exact) mass is 416 g/mol. The minimum absolute atomic E-state index is 0.185. The molecule has 0 bridgehead atoms. The van der Waals surface area contributed by atoms with E-state index in [0.29, 0.717) is 35.8 Å². The number of carbonyl (C=O) groups excluding carboxylic acids is 2. The van der Waals surface area contributed by atoms with Gasteiger partial charge in [0.1, 0.15) is 11.8 Å². The van der Waals surface area contributed by atoms with Gasteiger partial charge in [0.15, 0.2) is 0 Å². The number of ether oxygens (including phenoxy) is 2. The quantitative estimate of drug-likeness (QED) is 0.750. The van der Waals surface area contributed by atoms with Crippen LogP contribution in [0.25, 0.3) is 0 Å². The van der Waals surface area contributed by atoms with Crippen LogP contribution in [0.3, 0.4) is 0 Å². The van der Waals surface area contributed by atoms with Crippen LogP contribution >= 0.6 is 11.6 Å². The molecule has 0 aromatic heterocycles. The first-order valence-corrected chi connectivity index (χ1v) is 9.93. The SMILES string of the molecule is COc1ccc(Cl)cc1C(=O)N1CCCC1C(=O)NCC(OC)c1ccccc1. The van der Waals surface area contributed by atoms with Gasteiger partial charge in [-0.05, 0) is 36.6 Å². The molecule has 2 aromatic rings. The molecule has 2 amide bonds. The number of nitrogens with one attached hydrogen (secondary N) is 1. The topological polar surface area (TPSA) is 67.9 Å². The molecule has 1 saturated heterocycles. The summed E-state index contributed by atoms with van der Waals surface area (Å²) < 4.78 is 10.8. The lowest BCUT2D eigenvalue weighted by molar-refractivity contribution is -0.125. The van der Waals surface area contributed by atoms with Gasteiger partial charge in [-0.25, -0.2) is 0 Å². The van der Waals surface area contributed by atoms with Crippen LogP contribution in [0, 0.1) is 0 Å². The highest BCUT2D eigenvalue weighted by Gasteiger charge is 2.35. The molecule has 7 heteroatoms. The Bertz CT molecular complexity index is 859. The first kappa shape index (κ1) is 21.1. The van der Waals surface area contributed by atoms with E-state index < -0.39 is 6.04 Å². The third-order valence-electron chi connectivity index (χ3n) is 5.13. The van der Waals surface area contributed by atoms with Crippen LogP contribution in [-0.2, 0) is 9.53 Å². The van der Waals surface area contributed by atoms with Crippen molar-refractivity contribution >= 4 is 23.4 Å². The van der Waals surface area contributed by atoms with E-state index in [1.54, 1.807) is 30.2 Å². The Morgan fingerprint density at radius 2 is 1.97 bits per heavy atom. The third-order valence-corrected chi connectivity index (χ3v) is 5.36. The minimum atomic E-state index is -0.528. The average Bonchev–Trinajstić information content (AvgIpc) is 3.24. The molecule has 2 atom stereocenters. The van der Waals surface area contributed by atoms with Crippen molar-refractivity contribution < 1.29 is 19.1 Å². The minimum Gasteiger partial charge on any atom is -0.496 e. The van der Waals surface area contributed by atoms with E-state index in [4.69, 9.17) is 21.1 Å². The number of nitrogens with zero attached hydrogens (tertiary/aromatic N) is 1. The van der Waals surface area contributed by atoms with E-state index in [1.807, 2.05) is 30.3 Å². The van der Waals surface area contributed by atoms with Crippen LogP contribution in [0.1, 0.15) is 34.9 Å². The first-order valence-electron chi connectivity index (χ1n) is 9.55. The Morgan fingerprint density at radius 1 is 1.21 bits per heavy atom. The number of benzene rings is 2. The highest BCUT2D eigenvalue weighted by molar-refractivity contribution is 6.31. The Kier molecular flexibility index (Phi) is 7.12. The lowest BCUT2D eigenvalue weighted by Gasteiger charge is -2.26. The van der Waals surface area contributed by atoms with Crippen LogP contribution in [0.15, 0.2) is 48.5 Å². The van der Waals surface area contributed by atoms with Gasteiger partial charge in [-0.1, -0.05) is 41.9 Å². The first-order chi connectivity index (χ1) is 14.0. The number of carbonyl (C=O) groups is 2. The predicted octanol–water partition coefficient (Wildman–Crippen LogP) is 3.46. The van der Waals surface area contributed by atoms with E-state index in [9.17, 15) is 9.59 Å². The van der Waals surface area contributed by atoms with Crippen molar-refractivity contribution in [2.75, 3.05) is 27.3 Å². The van der Waals surface area contributed by atoms with Gasteiger partial charge >= 0.3 is 0 Å². The third kappa shape index (κ3) is 4.89. The van der Waals surface area contributed by atoms with Crippen LogP contribution in [0.5, 0.6) is 5.75 Å². The van der Waals surface area contributed by atoms with E-state index in [1.165, 1.54) is 7.11 Å². The number of amides is 2. The summed E-state index contributed by atoms with van der Waals surface area (Å²) in [7, 11) is 3.11. The van der Waals surface area contributed by atoms with Gasteiger partial charge in [-0.2, -0.15) is 0 Å². The fourth-order valence-electron chi connectivity index (χ4n) is 3.60. The number of methoxy groups -OCH3 is 2. The van der Waals surface area contributed by atoms with E-state index in [0.717, 1.165) is 12.0 Å². The van der Waals surface area contributed by atoms with E-state index >= 15 is 0 Å². The lowest BCUT2D eigenvalue weighted by Crippen LogP contribution is -2.47. The fraction of sp³-hybridized carbons (Fsp3) is 0.364. The van der Waals surface area contributed by atoms with Gasteiger partial charge in [-0.15, -0.1) is 0 Å². The van der Waals surface area contributed by atoms with Crippen LogP contribution in [0.4, 0.5) is 0 Å². The van der Waals surface area contributed by atoms with E-state index in [2.05, 4.69) is 5.32 Å². The molecule has 1 N–H and O–H groups in total. The normalized spacial score (nSPS) is 17.1. The van der Waals surface area contributed by atoms with Gasteiger partial charge in [0, 0.05) is 25.2 Å². The molecule has 1 aliphatic rings. The number of hydrogen-bond acceptors (Lipinski definition) is 4. The zero-order valence-electron chi connectivity index (χ0n) is 16.6. The van der Waals surface area contributed by atoms with E-state index in [-0.39, 0.29) is 17.9 Å². The Morgan fingerprint density at radius 3 is 2.66 bits per heavy atom. The molecule has 6 nitrogen and oxygen atoms in total. The summed E-state index contributed by atoms with van der Waals surface area (Å²) in [6.45, 7) is 0.845. The summed E-state index contributed by atoms with van der Waals surface area (Å²) in [4.78, 5) is 27.5. The lowest BCUT2D eigenvalue weighted by atomic mass is 10.1. The van der Waals surface area contributed by atoms with Gasteiger partial charge in [0.25, 0.3) is 5.91 Å². The summed E-state index contributed by atoms with van der Waals surface area (Å²) in [6.07, 6.45) is 1.13. The van der Waals surface area contributed by atoms with Crippen LogP contribution in [-0.4, -0.2) is 50.1 Å². The molecule has 29 heavy (non-hydrogen) atoms. The van der Waals surface area contributed by atoms with Crippen molar-refractivity contribution in [2.45, 2.75) is 25.0 Å². The molecule has 154 valence electrons. The van der Waals surface area contributed by atoms with Gasteiger partial charge < -0.3 is 19.7 Å². The Hall–Kier alpha value is -2.57. The Balaban J connectivity index is 1.69. The molecule has 2 aromatic carbocycles. The average molecular weight is 417 g/mol. The highest BCUT2D eigenvalue weighted by Crippen LogP contribution is 2.28. The molecule has 0 saturated carbocycles. The smallest absolute Gasteiger partial charge is 0.258 e. The number of halogens is 1. The molecule has 0 radical (unpaired) electrons. The van der Waals surface area contributed by atoms with Crippen molar-refractivity contribution in [2.24, 2.45) is 0 Å². The van der Waals surface area contributed by atoms with Crippen LogP contribution < -0.4 is 10.1 Å². The maximum Gasteiger partial charge on any atom is 0.258 e. The Labute approximate surface area is 175 Å². The maximum absolute atomic E-state index is 13.1. The van der Waals surface area contributed by atoms with Gasteiger partial charge in [0.05, 0.1) is 18.8 Å². The molecule has 0 aliphatic carbocycles. The fourth-order valence-corrected chi connectivity index (χ4v) is 3.77. The molecular weight excluding hydrogens is 392 g/mol. The standard InChI is InChI=1S/C22H25ClN2O4/c1-28-19-11-10-16(23)13-17(19)22(27)25-12-6-9-18(25)21(26)24-14-20(29-2)15-7-4-3-5-8-15/h3-5,7-8,10-11,13,18,20H,6,9,12,14H2,1-2H3,(H,24,26). The second-order valence-electron chi connectivity index (χ2n) is 6.88. The summed E-state index contributed by atoms with van der Waals surface area (Å²) >= 11 is 6.06. The van der Waals surface area contributed by atoms with Gasteiger partial charge in [-0.3, -0.25) is 9.59 Å². The van der Waals surface area contributed by atoms with Crippen molar-refractivity contribution in [3.63, 3.8) is 0 Å². The molecule has 2 unspecified atom stereocenters. The second kappa shape index (κ2) is 9.76. The maximum atomic E-state index is 13.1. The number of rotatable bonds is 7. The van der Waals surface area contributed by atoms with Crippen molar-refractivity contribution in [1.29, 1.82) is 0 Å². The summed E-state index contributed by atoms with van der Waals surface area (Å²) in [5.74, 6) is -0.00263. The molecule has 1 fully saturated rings. The number of likely N-dealkylation sites (tertiary alicyclic amines) is 1. The molecule has 3 rings (SSSR count). The largest absolute Gasteiger partial charge is 0.496 e. The molecular formula is C22H25ClN2O4.